The minimum absolute atomic E-state index is 0.162. The Morgan fingerprint density at radius 1 is 0.205 bits per heavy atom. The Bertz CT molecular complexity index is 1100. The van der Waals surface area contributed by atoms with E-state index in [1.54, 1.807) is 0 Å². The van der Waals surface area contributed by atoms with Crippen LogP contribution in [0.5, 0.6) is 0 Å². The lowest BCUT2D eigenvalue weighted by atomic mass is 9.92. The van der Waals surface area contributed by atoms with Crippen molar-refractivity contribution in [3.8, 4) is 0 Å². The molecule has 0 aliphatic rings. The lowest BCUT2D eigenvalue weighted by Crippen LogP contribution is -2.44. The number of hydrogen-bond donors (Lipinski definition) is 0. The second kappa shape index (κ2) is 57.6. The van der Waals surface area contributed by atoms with Crippen LogP contribution in [-0.2, 0) is 38.1 Å². The minimum atomic E-state index is -1.19. The molecule has 8 nitrogen and oxygen atoms in total. The highest BCUT2D eigenvalue weighted by molar-refractivity contribution is 5.71. The SMILES string of the molecule is CCCCCCCCCCCCCCCCCCCCCC(=O)OCC(COC(=O)CCCCCCC)(COC(=O)CCCCCCC)COC(=O)CCCCCCCCCCCCCCCCCCCCC. The predicted molar refractivity (Wildman–Crippen MR) is 309 cm³/mol. The number of hydrogen-bond acceptors (Lipinski definition) is 8. The Kier molecular flexibility index (Phi) is 55.9. The average Bonchev–Trinajstić information content (AvgIpc) is 3.39. The first-order chi connectivity index (χ1) is 35.8. The van der Waals surface area contributed by atoms with Crippen molar-refractivity contribution < 1.29 is 38.1 Å². The molecule has 0 rings (SSSR count). The molecule has 0 atom stereocenters. The van der Waals surface area contributed by atoms with Crippen molar-refractivity contribution in [3.05, 3.63) is 0 Å². The highest BCUT2D eigenvalue weighted by atomic mass is 16.6. The van der Waals surface area contributed by atoms with Crippen molar-refractivity contribution in [2.45, 2.75) is 362 Å². The summed E-state index contributed by atoms with van der Waals surface area (Å²) in [4.78, 5) is 52.4. The van der Waals surface area contributed by atoms with Crippen LogP contribution >= 0.6 is 0 Å². The molecule has 73 heavy (non-hydrogen) atoms. The smallest absolute Gasteiger partial charge is 0.305 e. The van der Waals surface area contributed by atoms with Gasteiger partial charge in [-0.1, -0.05) is 310 Å². The molecule has 0 N–H and O–H groups in total. The first-order valence-electron chi connectivity index (χ1n) is 32.4. The molecule has 0 bridgehead atoms. The zero-order chi connectivity index (χ0) is 53.2. The fourth-order valence-electron chi connectivity index (χ4n) is 9.91. The van der Waals surface area contributed by atoms with Crippen molar-refractivity contribution in [1.82, 2.24) is 0 Å². The molecule has 0 fully saturated rings. The standard InChI is InChI=1S/C65H124O8/c1-5-9-13-17-19-21-23-25-27-29-31-33-35-37-39-41-43-47-51-55-63(68)72-59-65(57-70-61(66)53-49-45-15-11-7-3,58-71-62(67)54-50-46-16-12-8-4)60-73-64(69)56-52-48-44-42-40-38-36-34-32-30-28-26-24-22-20-18-14-10-6-2/h5-60H2,1-4H3. The van der Waals surface area contributed by atoms with Gasteiger partial charge in [-0.15, -0.1) is 0 Å². The summed E-state index contributed by atoms with van der Waals surface area (Å²) in [5.41, 5.74) is -1.19. The maximum Gasteiger partial charge on any atom is 0.305 e. The Balaban J connectivity index is 4.92. The quantitative estimate of drug-likeness (QED) is 0.0337. The molecule has 0 aromatic rings. The van der Waals surface area contributed by atoms with E-state index >= 15 is 0 Å². The molecule has 0 spiro atoms. The topological polar surface area (TPSA) is 105 Å². The third-order valence-electron chi connectivity index (χ3n) is 15.1. The summed E-state index contributed by atoms with van der Waals surface area (Å²) in [5, 5.41) is 0. The van der Waals surface area contributed by atoms with E-state index in [0.29, 0.717) is 12.8 Å². The van der Waals surface area contributed by atoms with E-state index in [4.69, 9.17) is 18.9 Å². The number of carbonyl (C=O) groups excluding carboxylic acids is 4. The Hall–Kier alpha value is -2.12. The van der Waals surface area contributed by atoms with Crippen LogP contribution in [0, 0.1) is 5.41 Å². The molecule has 0 aromatic heterocycles. The summed E-state index contributed by atoms with van der Waals surface area (Å²) in [6.07, 6.45) is 60.4. The van der Waals surface area contributed by atoms with Gasteiger partial charge in [0.1, 0.15) is 31.8 Å². The Labute approximate surface area is 453 Å². The fraction of sp³-hybridized carbons (Fsp3) is 0.938. The van der Waals surface area contributed by atoms with Gasteiger partial charge in [-0.05, 0) is 25.7 Å². The van der Waals surface area contributed by atoms with Gasteiger partial charge < -0.3 is 18.9 Å². The molecule has 0 aliphatic heterocycles. The number of esters is 4. The predicted octanol–water partition coefficient (Wildman–Crippen LogP) is 20.5. The van der Waals surface area contributed by atoms with E-state index in [1.165, 1.54) is 205 Å². The van der Waals surface area contributed by atoms with Crippen molar-refractivity contribution in [3.63, 3.8) is 0 Å². The van der Waals surface area contributed by atoms with Crippen LogP contribution in [0.15, 0.2) is 0 Å². The van der Waals surface area contributed by atoms with Gasteiger partial charge in [0.2, 0.25) is 0 Å². The number of rotatable bonds is 60. The van der Waals surface area contributed by atoms with E-state index in [2.05, 4.69) is 27.7 Å². The lowest BCUT2D eigenvalue weighted by molar-refractivity contribution is -0.170. The Morgan fingerprint density at radius 3 is 0.466 bits per heavy atom. The van der Waals surface area contributed by atoms with Crippen LogP contribution in [0.3, 0.4) is 0 Å². The van der Waals surface area contributed by atoms with Gasteiger partial charge in [-0.2, -0.15) is 0 Å². The van der Waals surface area contributed by atoms with Crippen LogP contribution in [0.1, 0.15) is 362 Å². The van der Waals surface area contributed by atoms with Gasteiger partial charge in [-0.25, -0.2) is 0 Å². The van der Waals surface area contributed by atoms with E-state index in [0.717, 1.165) is 103 Å². The lowest BCUT2D eigenvalue weighted by Gasteiger charge is -2.31. The summed E-state index contributed by atoms with van der Waals surface area (Å²) >= 11 is 0. The van der Waals surface area contributed by atoms with Crippen LogP contribution in [0.25, 0.3) is 0 Å². The van der Waals surface area contributed by atoms with Crippen molar-refractivity contribution >= 4 is 23.9 Å². The molecule has 0 radical (unpaired) electrons. The number of ether oxygens (including phenoxy) is 4. The van der Waals surface area contributed by atoms with E-state index < -0.39 is 5.41 Å². The molecule has 0 aromatic carbocycles. The van der Waals surface area contributed by atoms with Gasteiger partial charge in [-0.3, -0.25) is 19.2 Å². The average molecular weight is 1030 g/mol. The second-order valence-electron chi connectivity index (χ2n) is 22.7. The molecule has 432 valence electrons. The molecule has 0 aliphatic carbocycles. The van der Waals surface area contributed by atoms with E-state index in [1.807, 2.05) is 0 Å². The monoisotopic (exact) mass is 1030 g/mol. The normalized spacial score (nSPS) is 11.6. The van der Waals surface area contributed by atoms with Crippen molar-refractivity contribution in [1.29, 1.82) is 0 Å². The van der Waals surface area contributed by atoms with Crippen LogP contribution in [-0.4, -0.2) is 50.3 Å². The maximum atomic E-state index is 13.2. The van der Waals surface area contributed by atoms with Gasteiger partial charge >= 0.3 is 23.9 Å². The third kappa shape index (κ3) is 53.1. The van der Waals surface area contributed by atoms with Gasteiger partial charge in [0.05, 0.1) is 0 Å². The second-order valence-corrected chi connectivity index (χ2v) is 22.7. The van der Waals surface area contributed by atoms with E-state index in [9.17, 15) is 19.2 Å². The molecule has 0 unspecified atom stereocenters. The zero-order valence-electron chi connectivity index (χ0n) is 49.4. The minimum Gasteiger partial charge on any atom is -0.465 e. The van der Waals surface area contributed by atoms with Crippen LogP contribution < -0.4 is 0 Å². The molecular weight excluding hydrogens is 909 g/mol. The largest absolute Gasteiger partial charge is 0.465 e. The zero-order valence-corrected chi connectivity index (χ0v) is 49.4. The first kappa shape index (κ1) is 70.9. The first-order valence-corrected chi connectivity index (χ1v) is 32.4. The highest BCUT2D eigenvalue weighted by Crippen LogP contribution is 2.24. The van der Waals surface area contributed by atoms with Gasteiger partial charge in [0, 0.05) is 25.7 Å². The third-order valence-corrected chi connectivity index (χ3v) is 15.1. The van der Waals surface area contributed by atoms with Crippen LogP contribution in [0.2, 0.25) is 0 Å². The van der Waals surface area contributed by atoms with Crippen molar-refractivity contribution in [2.75, 3.05) is 26.4 Å². The number of carbonyl (C=O) groups is 4. The highest BCUT2D eigenvalue weighted by Gasteiger charge is 2.38. The summed E-state index contributed by atoms with van der Waals surface area (Å²) in [7, 11) is 0. The number of unbranched alkanes of at least 4 members (excludes halogenated alkanes) is 44. The molecule has 8 heteroatoms. The summed E-state index contributed by atoms with van der Waals surface area (Å²) < 4.78 is 23.4. The molecule has 0 saturated heterocycles. The summed E-state index contributed by atoms with van der Waals surface area (Å²) in [5.74, 6) is -1.35. The molecule has 0 amide bonds. The molecule has 0 saturated carbocycles. The van der Waals surface area contributed by atoms with Crippen LogP contribution in [0.4, 0.5) is 0 Å². The molecular formula is C65H124O8. The summed E-state index contributed by atoms with van der Waals surface area (Å²) in [6.45, 7) is 8.24. The maximum absolute atomic E-state index is 13.2. The molecule has 0 heterocycles. The summed E-state index contributed by atoms with van der Waals surface area (Å²) in [6, 6.07) is 0. The fourth-order valence-corrected chi connectivity index (χ4v) is 9.91. The van der Waals surface area contributed by atoms with Gasteiger partial charge in [0.15, 0.2) is 0 Å². The van der Waals surface area contributed by atoms with Gasteiger partial charge in [0.25, 0.3) is 0 Å². The van der Waals surface area contributed by atoms with Crippen molar-refractivity contribution in [2.24, 2.45) is 5.41 Å². The van der Waals surface area contributed by atoms with E-state index in [-0.39, 0.29) is 63.1 Å². The Morgan fingerprint density at radius 2 is 0.329 bits per heavy atom.